The fraction of sp³-hybridized carbons (Fsp3) is 0.261. The summed E-state index contributed by atoms with van der Waals surface area (Å²) in [4.78, 5) is 23.3. The number of hydrogen-bond donors (Lipinski definition) is 1. The number of aromatic nitrogens is 2. The number of anilines is 1. The molecule has 0 saturated carbocycles. The monoisotopic (exact) mass is 390 g/mol. The van der Waals surface area contributed by atoms with Crippen molar-refractivity contribution in [3.63, 3.8) is 0 Å². The molecule has 0 saturated heterocycles. The summed E-state index contributed by atoms with van der Waals surface area (Å²) in [6.07, 6.45) is 2.41. The van der Waals surface area contributed by atoms with Gasteiger partial charge >= 0.3 is 0 Å². The number of carbonyl (C=O) groups is 1. The summed E-state index contributed by atoms with van der Waals surface area (Å²) in [5, 5.41) is 3.20. The first kappa shape index (κ1) is 20.3. The van der Waals surface area contributed by atoms with E-state index in [1.54, 1.807) is 24.3 Å². The lowest BCUT2D eigenvalue weighted by Crippen LogP contribution is -2.31. The predicted octanol–water partition coefficient (Wildman–Crippen LogP) is 3.80. The number of hydrogen-bond acceptors (Lipinski definition) is 5. The maximum atomic E-state index is 12.9. The second kappa shape index (κ2) is 10.2. The summed E-state index contributed by atoms with van der Waals surface area (Å²) in [5.41, 5.74) is 2.64. The van der Waals surface area contributed by atoms with Gasteiger partial charge in [-0.25, -0.2) is 9.97 Å². The van der Waals surface area contributed by atoms with E-state index in [9.17, 15) is 4.79 Å². The number of methoxy groups -OCH3 is 1. The minimum atomic E-state index is -0.102. The van der Waals surface area contributed by atoms with Gasteiger partial charge in [0.05, 0.1) is 7.11 Å². The van der Waals surface area contributed by atoms with Crippen LogP contribution in [0.1, 0.15) is 28.5 Å². The lowest BCUT2D eigenvalue weighted by Gasteiger charge is -2.20. The zero-order valence-electron chi connectivity index (χ0n) is 16.8. The Morgan fingerprint density at radius 3 is 2.62 bits per heavy atom. The molecule has 1 heterocycles. The second-order valence-electron chi connectivity index (χ2n) is 6.60. The average Bonchev–Trinajstić information content (AvgIpc) is 2.78. The molecule has 1 N–H and O–H groups in total. The van der Waals surface area contributed by atoms with Crippen molar-refractivity contribution in [1.82, 2.24) is 14.9 Å². The van der Waals surface area contributed by atoms with Gasteiger partial charge < -0.3 is 15.0 Å². The van der Waals surface area contributed by atoms with Crippen LogP contribution in [0.25, 0.3) is 0 Å². The van der Waals surface area contributed by atoms with Crippen molar-refractivity contribution in [2.24, 2.45) is 0 Å². The van der Waals surface area contributed by atoms with E-state index in [0.29, 0.717) is 31.3 Å². The van der Waals surface area contributed by atoms with Crippen molar-refractivity contribution in [3.05, 3.63) is 83.7 Å². The molecule has 2 aromatic carbocycles. The fourth-order valence-electron chi connectivity index (χ4n) is 3.00. The highest BCUT2D eigenvalue weighted by Gasteiger charge is 2.16. The molecule has 0 aliphatic rings. The highest BCUT2D eigenvalue weighted by atomic mass is 16.5. The highest BCUT2D eigenvalue weighted by Crippen LogP contribution is 2.13. The highest BCUT2D eigenvalue weighted by molar-refractivity contribution is 5.92. The molecule has 0 fully saturated rings. The van der Waals surface area contributed by atoms with Crippen molar-refractivity contribution in [1.29, 1.82) is 0 Å². The van der Waals surface area contributed by atoms with Crippen LogP contribution >= 0.6 is 0 Å². The Bertz CT molecular complexity index is 931. The number of rotatable bonds is 9. The van der Waals surface area contributed by atoms with E-state index in [2.05, 4.69) is 15.3 Å². The van der Waals surface area contributed by atoms with Crippen molar-refractivity contribution in [2.75, 3.05) is 25.5 Å². The lowest BCUT2D eigenvalue weighted by molar-refractivity contribution is 0.0746. The number of amides is 1. The van der Waals surface area contributed by atoms with E-state index < -0.39 is 0 Å². The Hall–Kier alpha value is -3.41. The Morgan fingerprint density at radius 1 is 1.07 bits per heavy atom. The van der Waals surface area contributed by atoms with Crippen molar-refractivity contribution >= 4 is 11.9 Å². The van der Waals surface area contributed by atoms with Crippen LogP contribution in [0.15, 0.2) is 66.9 Å². The third-order valence-corrected chi connectivity index (χ3v) is 4.59. The van der Waals surface area contributed by atoms with Gasteiger partial charge in [-0.15, -0.1) is 0 Å². The molecule has 6 nitrogen and oxygen atoms in total. The number of benzene rings is 2. The van der Waals surface area contributed by atoms with Crippen LogP contribution in [-0.4, -0.2) is 41.0 Å². The smallest absolute Gasteiger partial charge is 0.272 e. The number of nitrogens with one attached hydrogen (secondary N) is 1. The van der Waals surface area contributed by atoms with E-state index >= 15 is 0 Å². The Kier molecular flexibility index (Phi) is 7.16. The van der Waals surface area contributed by atoms with Crippen LogP contribution in [0.5, 0.6) is 5.75 Å². The van der Waals surface area contributed by atoms with Crippen LogP contribution in [0.2, 0.25) is 0 Å². The molecule has 0 atom stereocenters. The molecule has 6 heteroatoms. The molecular formula is C23H26N4O2. The number of carbonyl (C=O) groups excluding carboxylic acids is 1. The van der Waals surface area contributed by atoms with Crippen LogP contribution in [-0.2, 0) is 13.0 Å². The van der Waals surface area contributed by atoms with Gasteiger partial charge in [0.2, 0.25) is 5.95 Å². The predicted molar refractivity (Wildman–Crippen MR) is 114 cm³/mol. The van der Waals surface area contributed by atoms with Gasteiger partial charge in [-0.1, -0.05) is 42.5 Å². The Balaban J connectivity index is 1.61. The molecule has 3 aromatic rings. The topological polar surface area (TPSA) is 67.4 Å². The maximum absolute atomic E-state index is 12.9. The van der Waals surface area contributed by atoms with Gasteiger partial charge in [0.25, 0.3) is 5.91 Å². The van der Waals surface area contributed by atoms with Crippen molar-refractivity contribution in [2.45, 2.75) is 19.9 Å². The molecule has 0 spiro atoms. The summed E-state index contributed by atoms with van der Waals surface area (Å²) in [6, 6.07) is 19.5. The lowest BCUT2D eigenvalue weighted by atomic mass is 10.1. The molecule has 1 amide bonds. The van der Waals surface area contributed by atoms with Crippen LogP contribution in [0, 0.1) is 0 Å². The van der Waals surface area contributed by atoms with E-state index in [0.717, 1.165) is 23.3 Å². The molecule has 0 bridgehead atoms. The van der Waals surface area contributed by atoms with Gasteiger partial charge in [-0.05, 0) is 42.7 Å². The third-order valence-electron chi connectivity index (χ3n) is 4.59. The molecule has 150 valence electrons. The zero-order valence-corrected chi connectivity index (χ0v) is 16.8. The second-order valence-corrected chi connectivity index (χ2v) is 6.60. The first-order valence-corrected chi connectivity index (χ1v) is 9.72. The van der Waals surface area contributed by atoms with E-state index in [-0.39, 0.29) is 5.91 Å². The van der Waals surface area contributed by atoms with Crippen LogP contribution in [0.3, 0.4) is 0 Å². The van der Waals surface area contributed by atoms with E-state index in [1.807, 2.05) is 61.5 Å². The molecule has 0 unspecified atom stereocenters. The van der Waals surface area contributed by atoms with Gasteiger partial charge in [0.15, 0.2) is 0 Å². The number of nitrogens with zero attached hydrogens (tertiary/aromatic N) is 3. The molecule has 3 rings (SSSR count). The van der Waals surface area contributed by atoms with Gasteiger partial charge in [0.1, 0.15) is 11.4 Å². The molecule has 0 radical (unpaired) electrons. The van der Waals surface area contributed by atoms with Gasteiger partial charge in [-0.3, -0.25) is 4.79 Å². The Morgan fingerprint density at radius 2 is 1.86 bits per heavy atom. The Labute approximate surface area is 171 Å². The van der Waals surface area contributed by atoms with E-state index in [1.165, 1.54) is 0 Å². The summed E-state index contributed by atoms with van der Waals surface area (Å²) < 4.78 is 5.25. The van der Waals surface area contributed by atoms with Crippen LogP contribution in [0.4, 0.5) is 5.95 Å². The summed E-state index contributed by atoms with van der Waals surface area (Å²) in [5.74, 6) is 1.19. The van der Waals surface area contributed by atoms with Crippen LogP contribution < -0.4 is 10.1 Å². The molecule has 1 aromatic heterocycles. The first-order valence-electron chi connectivity index (χ1n) is 9.72. The standard InChI is InChI=1S/C23H26N4O2/c1-3-27(17-19-8-5-4-6-9-19)22(28)21-13-15-25-23(26-21)24-14-12-18-10-7-11-20(16-18)29-2/h4-11,13,15-16H,3,12,14,17H2,1-2H3,(H,24,25,26). The first-order chi connectivity index (χ1) is 14.2. The van der Waals surface area contributed by atoms with Crippen molar-refractivity contribution in [3.8, 4) is 5.75 Å². The summed E-state index contributed by atoms with van der Waals surface area (Å²) in [7, 11) is 1.66. The fourth-order valence-corrected chi connectivity index (χ4v) is 3.00. The van der Waals surface area contributed by atoms with Gasteiger partial charge in [-0.2, -0.15) is 0 Å². The normalized spacial score (nSPS) is 10.4. The van der Waals surface area contributed by atoms with Crippen molar-refractivity contribution < 1.29 is 9.53 Å². The summed E-state index contributed by atoms with van der Waals surface area (Å²) in [6.45, 7) is 3.79. The minimum absolute atomic E-state index is 0.102. The maximum Gasteiger partial charge on any atom is 0.272 e. The minimum Gasteiger partial charge on any atom is -0.497 e. The zero-order chi connectivity index (χ0) is 20.5. The molecule has 0 aliphatic carbocycles. The third kappa shape index (κ3) is 5.78. The van der Waals surface area contributed by atoms with Gasteiger partial charge in [0, 0.05) is 25.8 Å². The summed E-state index contributed by atoms with van der Waals surface area (Å²) >= 11 is 0. The molecule has 29 heavy (non-hydrogen) atoms. The molecule has 0 aliphatic heterocycles. The number of ether oxygens (including phenoxy) is 1. The SMILES string of the molecule is CCN(Cc1ccccc1)C(=O)c1ccnc(NCCc2cccc(OC)c2)n1. The van der Waals surface area contributed by atoms with E-state index in [4.69, 9.17) is 4.74 Å². The molecular weight excluding hydrogens is 364 g/mol. The average molecular weight is 390 g/mol. The quantitative estimate of drug-likeness (QED) is 0.602. The largest absolute Gasteiger partial charge is 0.497 e.